The molecule has 1 aromatic heterocycles. The Morgan fingerprint density at radius 1 is 0.967 bits per heavy atom. The van der Waals surface area contributed by atoms with Gasteiger partial charge < -0.3 is 20.4 Å². The second-order valence-electron chi connectivity index (χ2n) is 7.50. The minimum Gasteiger partial charge on any atom is -0.336 e. The number of anilines is 2. The van der Waals surface area contributed by atoms with Gasteiger partial charge in [-0.25, -0.2) is 4.79 Å². The third-order valence-corrected chi connectivity index (χ3v) is 6.38. The summed E-state index contributed by atoms with van der Waals surface area (Å²) in [4.78, 5) is 41.4. The lowest BCUT2D eigenvalue weighted by atomic mass is 10.3. The fraction of sp³-hybridized carbons (Fsp3) is 0.381. The van der Waals surface area contributed by atoms with E-state index in [0.717, 1.165) is 12.8 Å². The lowest BCUT2D eigenvalue weighted by Crippen LogP contribution is -2.39. The molecule has 0 unspecified atom stereocenters. The van der Waals surface area contributed by atoms with Crippen LogP contribution in [-0.2, 0) is 4.79 Å². The van der Waals surface area contributed by atoms with Crippen LogP contribution in [0.4, 0.5) is 15.5 Å². The Morgan fingerprint density at radius 3 is 2.50 bits per heavy atom. The van der Waals surface area contributed by atoms with E-state index in [1.807, 2.05) is 0 Å². The molecule has 30 heavy (non-hydrogen) atoms. The summed E-state index contributed by atoms with van der Waals surface area (Å²) in [7, 11) is 0. The Hall–Kier alpha value is -2.58. The van der Waals surface area contributed by atoms with Crippen LogP contribution in [0.25, 0.3) is 0 Å². The van der Waals surface area contributed by atoms with E-state index in [-0.39, 0.29) is 23.8 Å². The molecule has 7 nitrogen and oxygen atoms in total. The number of nitrogens with one attached hydrogen (secondary N) is 2. The summed E-state index contributed by atoms with van der Waals surface area (Å²) in [5.41, 5.74) is 0.643. The van der Waals surface area contributed by atoms with Crippen molar-refractivity contribution >= 4 is 51.5 Å². The van der Waals surface area contributed by atoms with Gasteiger partial charge in [-0.15, -0.1) is 11.3 Å². The quantitative estimate of drug-likeness (QED) is 0.740. The largest absolute Gasteiger partial charge is 0.336 e. The molecule has 2 heterocycles. The second-order valence-corrected chi connectivity index (χ2v) is 9.02. The summed E-state index contributed by atoms with van der Waals surface area (Å²) in [6.07, 6.45) is 2.59. The molecule has 0 spiro atoms. The molecular formula is C21H23ClN4O3S. The van der Waals surface area contributed by atoms with E-state index >= 15 is 0 Å². The maximum Gasteiger partial charge on any atom is 0.321 e. The third kappa shape index (κ3) is 5.12. The van der Waals surface area contributed by atoms with Crippen molar-refractivity contribution in [1.82, 2.24) is 9.80 Å². The van der Waals surface area contributed by atoms with Gasteiger partial charge in [0.2, 0.25) is 5.91 Å². The van der Waals surface area contributed by atoms with Gasteiger partial charge in [0.25, 0.3) is 5.91 Å². The van der Waals surface area contributed by atoms with E-state index in [1.54, 1.807) is 46.2 Å². The van der Waals surface area contributed by atoms with Crippen LogP contribution < -0.4 is 10.6 Å². The predicted molar refractivity (Wildman–Crippen MR) is 118 cm³/mol. The third-order valence-electron chi connectivity index (χ3n) is 5.16. The zero-order chi connectivity index (χ0) is 21.1. The molecule has 1 aliphatic carbocycles. The number of halogens is 1. The average molecular weight is 447 g/mol. The van der Waals surface area contributed by atoms with Crippen LogP contribution >= 0.6 is 22.9 Å². The first-order chi connectivity index (χ1) is 14.5. The van der Waals surface area contributed by atoms with Gasteiger partial charge in [-0.05, 0) is 49.6 Å². The van der Waals surface area contributed by atoms with Gasteiger partial charge in [0.1, 0.15) is 0 Å². The molecule has 2 aromatic rings. The summed E-state index contributed by atoms with van der Waals surface area (Å²) in [6, 6.07) is 10.3. The molecule has 0 atom stereocenters. The molecular weight excluding hydrogens is 424 g/mol. The van der Waals surface area contributed by atoms with Gasteiger partial charge >= 0.3 is 6.03 Å². The molecule has 9 heteroatoms. The highest BCUT2D eigenvalue weighted by molar-refractivity contribution is 7.18. The minimum atomic E-state index is -0.201. The van der Waals surface area contributed by atoms with Crippen LogP contribution in [0, 0.1) is 5.92 Å². The highest BCUT2D eigenvalue weighted by Crippen LogP contribution is 2.32. The van der Waals surface area contributed by atoms with Crippen LogP contribution in [0.3, 0.4) is 0 Å². The van der Waals surface area contributed by atoms with Crippen molar-refractivity contribution < 1.29 is 14.4 Å². The molecule has 4 amide bonds. The number of hydrogen-bond donors (Lipinski definition) is 2. The first-order valence-electron chi connectivity index (χ1n) is 10.0. The summed E-state index contributed by atoms with van der Waals surface area (Å²) < 4.78 is 0. The van der Waals surface area contributed by atoms with Crippen molar-refractivity contribution in [2.45, 2.75) is 19.3 Å². The normalized spacial score (nSPS) is 16.7. The van der Waals surface area contributed by atoms with Crippen LogP contribution in [-0.4, -0.2) is 53.8 Å². The summed E-state index contributed by atoms with van der Waals surface area (Å²) in [5, 5.41) is 7.00. The smallest absolute Gasteiger partial charge is 0.321 e. The molecule has 4 rings (SSSR count). The zero-order valence-electron chi connectivity index (χ0n) is 16.4. The Morgan fingerprint density at radius 2 is 1.73 bits per heavy atom. The highest BCUT2D eigenvalue weighted by Gasteiger charge is 2.30. The number of hydrogen-bond acceptors (Lipinski definition) is 4. The molecule has 1 aliphatic heterocycles. The van der Waals surface area contributed by atoms with Crippen LogP contribution in [0.5, 0.6) is 0 Å². The zero-order valence-corrected chi connectivity index (χ0v) is 18.0. The number of carbonyl (C=O) groups is 3. The van der Waals surface area contributed by atoms with Crippen LogP contribution in [0.2, 0.25) is 5.02 Å². The monoisotopic (exact) mass is 446 g/mol. The van der Waals surface area contributed by atoms with Crippen molar-refractivity contribution in [2.75, 3.05) is 36.8 Å². The molecule has 1 saturated heterocycles. The Kier molecular flexibility index (Phi) is 6.24. The van der Waals surface area contributed by atoms with Crippen molar-refractivity contribution in [3.8, 4) is 0 Å². The lowest BCUT2D eigenvalue weighted by molar-refractivity contribution is -0.117. The molecule has 1 aromatic carbocycles. The highest BCUT2D eigenvalue weighted by atomic mass is 35.5. The number of carbonyl (C=O) groups excluding carboxylic acids is 3. The first kappa shape index (κ1) is 20.7. The Balaban J connectivity index is 1.32. The number of rotatable bonds is 4. The van der Waals surface area contributed by atoms with E-state index < -0.39 is 0 Å². The maximum atomic E-state index is 12.9. The van der Waals surface area contributed by atoms with Crippen LogP contribution in [0.15, 0.2) is 36.4 Å². The van der Waals surface area contributed by atoms with Gasteiger partial charge in [-0.2, -0.15) is 0 Å². The standard InChI is InChI=1S/C21H23ClN4O3S/c22-15-3-1-4-16(13-15)23-21(29)26-10-2-9-25(11-12-26)20(28)17-7-8-18(30-17)24-19(27)14-5-6-14/h1,3-4,7-8,13-14H,2,5-6,9-12H2,(H,23,29)(H,24,27). The van der Waals surface area contributed by atoms with E-state index in [9.17, 15) is 14.4 Å². The molecule has 2 aliphatic rings. The molecule has 1 saturated carbocycles. The number of amides is 4. The summed E-state index contributed by atoms with van der Waals surface area (Å²) >= 11 is 7.27. The molecule has 2 N–H and O–H groups in total. The van der Waals surface area contributed by atoms with E-state index in [0.29, 0.717) is 53.2 Å². The van der Waals surface area contributed by atoms with Gasteiger partial charge in [0, 0.05) is 42.8 Å². The van der Waals surface area contributed by atoms with Crippen molar-refractivity contribution in [3.05, 3.63) is 46.3 Å². The topological polar surface area (TPSA) is 81.8 Å². The lowest BCUT2D eigenvalue weighted by Gasteiger charge is -2.22. The Labute approximate surface area is 184 Å². The summed E-state index contributed by atoms with van der Waals surface area (Å²) in [6.45, 7) is 2.07. The number of nitrogens with zero attached hydrogens (tertiary/aromatic N) is 2. The fourth-order valence-corrected chi connectivity index (χ4v) is 4.40. The summed E-state index contributed by atoms with van der Waals surface area (Å²) in [5.74, 6) is 0.0944. The van der Waals surface area contributed by atoms with Gasteiger partial charge in [0.05, 0.1) is 9.88 Å². The van der Waals surface area contributed by atoms with Crippen molar-refractivity contribution in [2.24, 2.45) is 5.92 Å². The first-order valence-corrected chi connectivity index (χ1v) is 11.2. The average Bonchev–Trinajstić information content (AvgIpc) is 3.51. The van der Waals surface area contributed by atoms with Crippen LogP contribution in [0.1, 0.15) is 28.9 Å². The number of urea groups is 1. The Bertz CT molecular complexity index is 959. The van der Waals surface area contributed by atoms with Crippen molar-refractivity contribution in [3.63, 3.8) is 0 Å². The van der Waals surface area contributed by atoms with Crippen molar-refractivity contribution in [1.29, 1.82) is 0 Å². The SMILES string of the molecule is O=C(Nc1ccc(C(=O)N2CCCN(C(=O)Nc3cccc(Cl)c3)CC2)s1)C1CC1. The van der Waals surface area contributed by atoms with E-state index in [1.165, 1.54) is 11.3 Å². The van der Waals surface area contributed by atoms with Gasteiger partial charge in [-0.3, -0.25) is 9.59 Å². The molecule has 2 fully saturated rings. The molecule has 158 valence electrons. The molecule has 0 radical (unpaired) electrons. The second kappa shape index (κ2) is 9.06. The van der Waals surface area contributed by atoms with E-state index in [2.05, 4.69) is 10.6 Å². The molecule has 0 bridgehead atoms. The fourth-order valence-electron chi connectivity index (χ4n) is 3.34. The maximum absolute atomic E-state index is 12.9. The van der Waals surface area contributed by atoms with E-state index in [4.69, 9.17) is 11.6 Å². The van der Waals surface area contributed by atoms with Gasteiger partial charge in [0.15, 0.2) is 0 Å². The predicted octanol–water partition coefficient (Wildman–Crippen LogP) is 4.13. The minimum absolute atomic E-state index is 0.0342. The van der Waals surface area contributed by atoms with Gasteiger partial charge in [-0.1, -0.05) is 17.7 Å². The number of thiophene rings is 1. The number of benzene rings is 1.